The van der Waals surface area contributed by atoms with Crippen molar-refractivity contribution in [3.63, 3.8) is 0 Å². The highest BCUT2D eigenvalue weighted by Crippen LogP contribution is 2.28. The second-order valence-electron chi connectivity index (χ2n) is 9.36. The van der Waals surface area contributed by atoms with Crippen LogP contribution in [0.3, 0.4) is 0 Å². The highest BCUT2D eigenvalue weighted by Gasteiger charge is 2.31. The van der Waals surface area contributed by atoms with E-state index < -0.39 is 0 Å². The van der Waals surface area contributed by atoms with Gasteiger partial charge < -0.3 is 15.1 Å². The molecule has 8 nitrogen and oxygen atoms in total. The molecule has 1 aliphatic carbocycles. The summed E-state index contributed by atoms with van der Waals surface area (Å²) in [4.78, 5) is 24.3. The Morgan fingerprint density at radius 2 is 1.94 bits per heavy atom. The number of carbonyl (C=O) groups is 1. The summed E-state index contributed by atoms with van der Waals surface area (Å²) in [7, 11) is 1.98. The van der Waals surface area contributed by atoms with Gasteiger partial charge in [-0.05, 0) is 44.1 Å². The van der Waals surface area contributed by atoms with Crippen LogP contribution in [0.1, 0.15) is 38.2 Å². The fourth-order valence-electron chi connectivity index (χ4n) is 4.93. The zero-order valence-electron chi connectivity index (χ0n) is 19.7. The highest BCUT2D eigenvalue weighted by molar-refractivity contribution is 14.0. The summed E-state index contributed by atoms with van der Waals surface area (Å²) in [5.74, 6) is 2.43. The van der Waals surface area contributed by atoms with Crippen molar-refractivity contribution in [2.24, 2.45) is 23.9 Å². The first-order valence-electron chi connectivity index (χ1n) is 12.1. The average Bonchev–Trinajstić information content (AvgIpc) is 3.35. The average molecular weight is 558 g/mol. The van der Waals surface area contributed by atoms with Crippen molar-refractivity contribution in [3.8, 4) is 0 Å². The molecule has 2 aliphatic heterocycles. The van der Waals surface area contributed by atoms with Gasteiger partial charge in [0.1, 0.15) is 0 Å². The maximum absolute atomic E-state index is 12.4. The molecular weight excluding hydrogens is 517 g/mol. The van der Waals surface area contributed by atoms with Gasteiger partial charge in [0.05, 0.1) is 12.7 Å². The summed E-state index contributed by atoms with van der Waals surface area (Å²) in [6.07, 6.45) is 9.83. The number of hydrogen-bond donors (Lipinski definition) is 1. The number of piperazine rings is 1. The van der Waals surface area contributed by atoms with Gasteiger partial charge in [-0.1, -0.05) is 6.42 Å². The lowest BCUT2D eigenvalue weighted by molar-refractivity contribution is -0.139. The van der Waals surface area contributed by atoms with E-state index >= 15 is 0 Å². The van der Waals surface area contributed by atoms with E-state index in [2.05, 4.69) is 38.2 Å². The maximum Gasteiger partial charge on any atom is 0.225 e. The number of aliphatic imine (C=N–C) groups is 1. The molecule has 3 heterocycles. The second kappa shape index (κ2) is 12.2. The van der Waals surface area contributed by atoms with E-state index in [0.717, 1.165) is 84.1 Å². The van der Waals surface area contributed by atoms with Crippen LogP contribution in [-0.4, -0.2) is 95.2 Å². The van der Waals surface area contributed by atoms with E-state index in [4.69, 9.17) is 4.99 Å². The van der Waals surface area contributed by atoms with Crippen molar-refractivity contribution in [2.45, 2.75) is 39.0 Å². The van der Waals surface area contributed by atoms with Crippen molar-refractivity contribution >= 4 is 35.8 Å². The zero-order chi connectivity index (χ0) is 21.6. The molecule has 0 bridgehead atoms. The SMILES string of the molecule is CCNC(=NCCN1CCN(C(=O)C2CCC2)CC1)N1CCC(Cc2cnn(C)c2)C1.I. The van der Waals surface area contributed by atoms with E-state index in [1.54, 1.807) is 0 Å². The van der Waals surface area contributed by atoms with Crippen LogP contribution in [0.4, 0.5) is 0 Å². The third kappa shape index (κ3) is 6.59. The Hall–Kier alpha value is -1.36. The Morgan fingerprint density at radius 3 is 2.56 bits per heavy atom. The van der Waals surface area contributed by atoms with Gasteiger partial charge >= 0.3 is 0 Å². The standard InChI is InChI=1S/C23H39N7O.HI/c1-3-24-23(30-9-7-19(18-30)15-20-16-26-27(2)17-20)25-8-10-28-11-13-29(14-12-28)22(31)21-5-4-6-21;/h16-17,19,21H,3-15,18H2,1-2H3,(H,24,25);1H. The minimum Gasteiger partial charge on any atom is -0.357 e. The maximum atomic E-state index is 12.4. The largest absolute Gasteiger partial charge is 0.357 e. The Balaban J connectivity index is 0.00000289. The molecule has 1 aromatic heterocycles. The van der Waals surface area contributed by atoms with Gasteiger partial charge in [-0.2, -0.15) is 5.10 Å². The Labute approximate surface area is 209 Å². The fourth-order valence-corrected chi connectivity index (χ4v) is 4.93. The van der Waals surface area contributed by atoms with Crippen molar-refractivity contribution in [1.82, 2.24) is 29.8 Å². The molecule has 180 valence electrons. The van der Waals surface area contributed by atoms with E-state index in [1.165, 1.54) is 18.4 Å². The van der Waals surface area contributed by atoms with Crippen LogP contribution in [0.5, 0.6) is 0 Å². The van der Waals surface area contributed by atoms with Gasteiger partial charge in [0.25, 0.3) is 0 Å². The predicted octanol–water partition coefficient (Wildman–Crippen LogP) is 1.81. The number of likely N-dealkylation sites (tertiary alicyclic amines) is 1. The molecule has 3 fully saturated rings. The molecule has 1 N–H and O–H groups in total. The molecule has 2 saturated heterocycles. The van der Waals surface area contributed by atoms with Gasteiger partial charge in [-0.25, -0.2) is 0 Å². The number of nitrogens with zero attached hydrogens (tertiary/aromatic N) is 6. The number of hydrogen-bond acceptors (Lipinski definition) is 4. The molecule has 9 heteroatoms. The highest BCUT2D eigenvalue weighted by atomic mass is 127. The first-order chi connectivity index (χ1) is 15.1. The quantitative estimate of drug-likeness (QED) is 0.315. The lowest BCUT2D eigenvalue weighted by Gasteiger charge is -2.38. The Bertz CT molecular complexity index is 755. The van der Waals surface area contributed by atoms with Gasteiger partial charge in [0.2, 0.25) is 5.91 Å². The third-order valence-electron chi connectivity index (χ3n) is 7.02. The van der Waals surface area contributed by atoms with Gasteiger partial charge in [-0.15, -0.1) is 24.0 Å². The molecule has 1 saturated carbocycles. The van der Waals surface area contributed by atoms with Crippen LogP contribution >= 0.6 is 24.0 Å². The smallest absolute Gasteiger partial charge is 0.225 e. The van der Waals surface area contributed by atoms with E-state index in [1.807, 2.05) is 17.9 Å². The lowest BCUT2D eigenvalue weighted by atomic mass is 9.84. The molecular formula is C23H40IN7O. The van der Waals surface area contributed by atoms with Crippen LogP contribution in [0.25, 0.3) is 0 Å². The summed E-state index contributed by atoms with van der Waals surface area (Å²) in [6, 6.07) is 0. The van der Waals surface area contributed by atoms with Crippen LogP contribution in [0, 0.1) is 11.8 Å². The number of guanidine groups is 1. The van der Waals surface area contributed by atoms with Gasteiger partial charge in [0.15, 0.2) is 5.96 Å². The fraction of sp³-hybridized carbons (Fsp3) is 0.783. The minimum absolute atomic E-state index is 0. The number of amides is 1. The Morgan fingerprint density at radius 1 is 1.16 bits per heavy atom. The summed E-state index contributed by atoms with van der Waals surface area (Å²) >= 11 is 0. The monoisotopic (exact) mass is 557 g/mol. The van der Waals surface area contributed by atoms with Gasteiger partial charge in [0, 0.05) is 71.5 Å². The van der Waals surface area contributed by atoms with Crippen molar-refractivity contribution in [3.05, 3.63) is 18.0 Å². The summed E-state index contributed by atoms with van der Waals surface area (Å²) in [5.41, 5.74) is 1.33. The normalized spacial score (nSPS) is 22.6. The summed E-state index contributed by atoms with van der Waals surface area (Å²) < 4.78 is 1.89. The molecule has 1 unspecified atom stereocenters. The topological polar surface area (TPSA) is 69.0 Å². The molecule has 0 aromatic carbocycles. The van der Waals surface area contributed by atoms with Crippen LogP contribution < -0.4 is 5.32 Å². The summed E-state index contributed by atoms with van der Waals surface area (Å²) in [6.45, 7) is 10.6. The number of carbonyl (C=O) groups excluding carboxylic acids is 1. The van der Waals surface area contributed by atoms with Crippen molar-refractivity contribution < 1.29 is 4.79 Å². The minimum atomic E-state index is 0. The van der Waals surface area contributed by atoms with Crippen LogP contribution in [0.2, 0.25) is 0 Å². The number of halogens is 1. The van der Waals surface area contributed by atoms with Crippen molar-refractivity contribution in [1.29, 1.82) is 0 Å². The predicted molar refractivity (Wildman–Crippen MR) is 138 cm³/mol. The van der Waals surface area contributed by atoms with E-state index in [0.29, 0.717) is 17.7 Å². The molecule has 0 spiro atoms. The first kappa shape index (κ1) is 25.3. The second-order valence-corrected chi connectivity index (χ2v) is 9.36. The van der Waals surface area contributed by atoms with Crippen molar-refractivity contribution in [2.75, 3.05) is 58.9 Å². The molecule has 32 heavy (non-hydrogen) atoms. The van der Waals surface area contributed by atoms with E-state index in [9.17, 15) is 4.79 Å². The number of aryl methyl sites for hydroxylation is 1. The van der Waals surface area contributed by atoms with Crippen LogP contribution in [0.15, 0.2) is 17.4 Å². The summed E-state index contributed by atoms with van der Waals surface area (Å²) in [5, 5.41) is 7.78. The molecule has 0 radical (unpaired) electrons. The molecule has 1 atom stereocenters. The van der Waals surface area contributed by atoms with Crippen LogP contribution in [-0.2, 0) is 18.3 Å². The first-order valence-corrected chi connectivity index (χ1v) is 12.1. The Kier molecular flexibility index (Phi) is 9.63. The number of rotatable bonds is 7. The molecule has 4 rings (SSSR count). The molecule has 1 aromatic rings. The van der Waals surface area contributed by atoms with Gasteiger partial charge in [-0.3, -0.25) is 19.4 Å². The number of nitrogens with one attached hydrogen (secondary N) is 1. The van der Waals surface area contributed by atoms with E-state index in [-0.39, 0.29) is 24.0 Å². The zero-order valence-corrected chi connectivity index (χ0v) is 22.0. The lowest BCUT2D eigenvalue weighted by Crippen LogP contribution is -2.51. The molecule has 3 aliphatic rings. The molecule has 1 amide bonds. The third-order valence-corrected chi connectivity index (χ3v) is 7.02. The number of aromatic nitrogens is 2.